The molecule has 0 radical (unpaired) electrons. The van der Waals surface area contributed by atoms with Crippen LogP contribution in [0.2, 0.25) is 0 Å². The summed E-state index contributed by atoms with van der Waals surface area (Å²) in [5.74, 6) is 1.12. The third-order valence-electron chi connectivity index (χ3n) is 3.20. The van der Waals surface area contributed by atoms with Crippen LogP contribution < -0.4 is 15.4 Å². The Balaban J connectivity index is 2.23. The monoisotopic (exact) mass is 286 g/mol. The number of ether oxygens (including phenoxy) is 1. The predicted molar refractivity (Wildman–Crippen MR) is 85.5 cm³/mol. The molecule has 112 valence electrons. The van der Waals surface area contributed by atoms with Crippen molar-refractivity contribution in [1.29, 1.82) is 0 Å². The summed E-state index contributed by atoms with van der Waals surface area (Å²) < 4.78 is 5.61. The van der Waals surface area contributed by atoms with Crippen LogP contribution in [0.25, 0.3) is 0 Å². The average Bonchev–Trinajstić information content (AvgIpc) is 2.43. The molecule has 21 heavy (non-hydrogen) atoms. The van der Waals surface area contributed by atoms with Crippen LogP contribution in [-0.4, -0.2) is 23.1 Å². The van der Waals surface area contributed by atoms with Crippen molar-refractivity contribution in [2.75, 3.05) is 17.7 Å². The molecule has 1 aromatic heterocycles. The second kappa shape index (κ2) is 6.43. The average molecular weight is 286 g/mol. The number of benzene rings is 1. The molecule has 2 aromatic rings. The van der Waals surface area contributed by atoms with E-state index in [1.807, 2.05) is 37.9 Å². The van der Waals surface area contributed by atoms with E-state index in [9.17, 15) is 0 Å². The zero-order chi connectivity index (χ0) is 15.4. The molecule has 0 bridgehead atoms. The summed E-state index contributed by atoms with van der Waals surface area (Å²) in [7, 11) is 1.96. The smallest absolute Gasteiger partial charge is 0.242 e. The topological polar surface area (TPSA) is 64.3 Å². The van der Waals surface area contributed by atoms with Crippen molar-refractivity contribution in [3.8, 4) is 5.88 Å². The van der Waals surface area contributed by atoms with E-state index in [1.165, 1.54) is 17.5 Å². The van der Waals surface area contributed by atoms with Gasteiger partial charge in [0.2, 0.25) is 5.88 Å². The normalized spacial score (nSPS) is 10.7. The Labute approximate surface area is 125 Å². The summed E-state index contributed by atoms with van der Waals surface area (Å²) in [4.78, 5) is 10.4. The van der Waals surface area contributed by atoms with Gasteiger partial charge in [0.1, 0.15) is 12.0 Å². The van der Waals surface area contributed by atoms with E-state index < -0.39 is 0 Å². The molecule has 0 saturated heterocycles. The minimum atomic E-state index is 0.0247. The lowest BCUT2D eigenvalue weighted by Gasteiger charge is -2.22. The molecule has 0 aliphatic carbocycles. The summed E-state index contributed by atoms with van der Waals surface area (Å²) in [6, 6.07) is 8.27. The second-order valence-electron chi connectivity index (χ2n) is 5.37. The maximum Gasteiger partial charge on any atom is 0.242 e. The number of aryl methyl sites for hydroxylation is 1. The van der Waals surface area contributed by atoms with Gasteiger partial charge in [-0.2, -0.15) is 4.98 Å². The van der Waals surface area contributed by atoms with E-state index in [4.69, 9.17) is 10.5 Å². The molecule has 2 N–H and O–H groups in total. The van der Waals surface area contributed by atoms with Crippen LogP contribution in [0.4, 0.5) is 11.5 Å². The first-order valence-electron chi connectivity index (χ1n) is 7.01. The number of rotatable bonds is 5. The van der Waals surface area contributed by atoms with E-state index >= 15 is 0 Å². The van der Waals surface area contributed by atoms with Gasteiger partial charge in [0, 0.05) is 13.6 Å². The molecule has 0 aliphatic rings. The summed E-state index contributed by atoms with van der Waals surface area (Å²) in [5, 5.41) is 0. The highest BCUT2D eigenvalue weighted by atomic mass is 16.5. The Morgan fingerprint density at radius 3 is 2.62 bits per heavy atom. The number of anilines is 2. The molecule has 5 nitrogen and oxygen atoms in total. The second-order valence-corrected chi connectivity index (χ2v) is 5.37. The highest BCUT2D eigenvalue weighted by Gasteiger charge is 2.14. The van der Waals surface area contributed by atoms with Crippen molar-refractivity contribution in [3.05, 3.63) is 41.7 Å². The summed E-state index contributed by atoms with van der Waals surface area (Å²) in [6.45, 7) is 6.71. The number of nitrogens with zero attached hydrogens (tertiary/aromatic N) is 3. The Kier molecular flexibility index (Phi) is 4.62. The molecule has 0 fully saturated rings. The minimum absolute atomic E-state index is 0.0247. The number of nitrogens with two attached hydrogens (primary N) is 1. The fourth-order valence-corrected chi connectivity index (χ4v) is 2.11. The predicted octanol–water partition coefficient (Wildman–Crippen LogP) is 2.79. The SMILES string of the molecule is Cc1ccccc1CN(C)c1ncnc(OC(C)C)c1N. The van der Waals surface area contributed by atoms with Crippen LogP contribution >= 0.6 is 0 Å². The van der Waals surface area contributed by atoms with E-state index in [0.29, 0.717) is 17.4 Å². The van der Waals surface area contributed by atoms with Crippen LogP contribution in [0.1, 0.15) is 25.0 Å². The molecule has 1 heterocycles. The van der Waals surface area contributed by atoms with Gasteiger partial charge < -0.3 is 15.4 Å². The van der Waals surface area contributed by atoms with Gasteiger partial charge >= 0.3 is 0 Å². The molecular formula is C16H22N4O. The summed E-state index contributed by atoms with van der Waals surface area (Å²) >= 11 is 0. The minimum Gasteiger partial charge on any atom is -0.473 e. The number of nitrogen functional groups attached to an aromatic ring is 1. The van der Waals surface area contributed by atoms with E-state index in [1.54, 1.807) is 0 Å². The van der Waals surface area contributed by atoms with E-state index in [0.717, 1.165) is 6.54 Å². The van der Waals surface area contributed by atoms with E-state index in [2.05, 4.69) is 29.0 Å². The van der Waals surface area contributed by atoms with Gasteiger partial charge in [-0.1, -0.05) is 24.3 Å². The van der Waals surface area contributed by atoms with Crippen molar-refractivity contribution >= 4 is 11.5 Å². The Morgan fingerprint density at radius 2 is 1.95 bits per heavy atom. The molecule has 0 amide bonds. The molecular weight excluding hydrogens is 264 g/mol. The van der Waals surface area contributed by atoms with Gasteiger partial charge in [0.15, 0.2) is 5.82 Å². The summed E-state index contributed by atoms with van der Waals surface area (Å²) in [5.41, 5.74) is 9.09. The molecule has 0 saturated carbocycles. The fourth-order valence-electron chi connectivity index (χ4n) is 2.11. The van der Waals surface area contributed by atoms with Gasteiger partial charge in [-0.15, -0.1) is 0 Å². The lowest BCUT2D eigenvalue weighted by molar-refractivity contribution is 0.234. The Bertz CT molecular complexity index is 613. The zero-order valence-corrected chi connectivity index (χ0v) is 13.0. The van der Waals surface area contributed by atoms with Crippen LogP contribution in [-0.2, 0) is 6.54 Å². The summed E-state index contributed by atoms with van der Waals surface area (Å²) in [6.07, 6.45) is 1.51. The fraction of sp³-hybridized carbons (Fsp3) is 0.375. The van der Waals surface area contributed by atoms with Gasteiger partial charge in [0.25, 0.3) is 0 Å². The number of hydrogen-bond acceptors (Lipinski definition) is 5. The Morgan fingerprint density at radius 1 is 1.24 bits per heavy atom. The molecule has 1 aromatic carbocycles. The lowest BCUT2D eigenvalue weighted by atomic mass is 10.1. The van der Waals surface area contributed by atoms with Gasteiger partial charge in [-0.3, -0.25) is 0 Å². The molecule has 2 rings (SSSR count). The van der Waals surface area contributed by atoms with Gasteiger partial charge in [-0.05, 0) is 31.9 Å². The molecule has 5 heteroatoms. The first kappa shape index (κ1) is 15.1. The Hall–Kier alpha value is -2.30. The first-order chi connectivity index (χ1) is 9.99. The maximum atomic E-state index is 6.13. The van der Waals surface area contributed by atoms with Crippen molar-refractivity contribution in [2.24, 2.45) is 0 Å². The molecule has 0 atom stereocenters. The molecule has 0 aliphatic heterocycles. The molecule has 0 unspecified atom stereocenters. The van der Waals surface area contributed by atoms with Gasteiger partial charge in [0.05, 0.1) is 6.10 Å². The first-order valence-corrected chi connectivity index (χ1v) is 7.01. The number of hydrogen-bond donors (Lipinski definition) is 1. The van der Waals surface area contributed by atoms with Crippen LogP contribution in [0.15, 0.2) is 30.6 Å². The van der Waals surface area contributed by atoms with Crippen LogP contribution in [0, 0.1) is 6.92 Å². The van der Waals surface area contributed by atoms with Crippen molar-refractivity contribution in [3.63, 3.8) is 0 Å². The quantitative estimate of drug-likeness (QED) is 0.915. The lowest BCUT2D eigenvalue weighted by Crippen LogP contribution is -2.21. The van der Waals surface area contributed by atoms with Crippen LogP contribution in [0.5, 0.6) is 5.88 Å². The zero-order valence-electron chi connectivity index (χ0n) is 13.0. The van der Waals surface area contributed by atoms with Crippen molar-refractivity contribution < 1.29 is 4.74 Å². The standard InChI is InChI=1S/C16H22N4O/c1-11(2)21-16-14(17)15(18-10-19-16)20(4)9-13-8-6-5-7-12(13)3/h5-8,10-11H,9,17H2,1-4H3. The van der Waals surface area contributed by atoms with Crippen molar-refractivity contribution in [1.82, 2.24) is 9.97 Å². The van der Waals surface area contributed by atoms with Crippen molar-refractivity contribution in [2.45, 2.75) is 33.4 Å². The van der Waals surface area contributed by atoms with E-state index in [-0.39, 0.29) is 6.10 Å². The number of aromatic nitrogens is 2. The molecule has 0 spiro atoms. The maximum absolute atomic E-state index is 6.13. The van der Waals surface area contributed by atoms with Gasteiger partial charge in [-0.25, -0.2) is 4.98 Å². The third-order valence-corrected chi connectivity index (χ3v) is 3.20. The third kappa shape index (κ3) is 3.62. The van der Waals surface area contributed by atoms with Crippen LogP contribution in [0.3, 0.4) is 0 Å². The highest BCUT2D eigenvalue weighted by Crippen LogP contribution is 2.28. The largest absolute Gasteiger partial charge is 0.473 e. The highest BCUT2D eigenvalue weighted by molar-refractivity contribution is 5.67.